The van der Waals surface area contributed by atoms with Gasteiger partial charge in [0, 0.05) is 30.5 Å². The lowest BCUT2D eigenvalue weighted by molar-refractivity contribution is 0.102. The molecular formula is C13H15BrN4OS. The van der Waals surface area contributed by atoms with Crippen LogP contribution in [0.2, 0.25) is 0 Å². The van der Waals surface area contributed by atoms with E-state index in [9.17, 15) is 4.79 Å². The van der Waals surface area contributed by atoms with E-state index in [1.807, 2.05) is 37.2 Å². The van der Waals surface area contributed by atoms with Crippen LogP contribution in [0.4, 0.5) is 11.4 Å². The first-order valence-corrected chi connectivity index (χ1v) is 7.61. The minimum Gasteiger partial charge on any atom is -0.376 e. The minimum absolute atomic E-state index is 0.234. The van der Waals surface area contributed by atoms with Gasteiger partial charge in [-0.2, -0.15) is 0 Å². The number of thiazole rings is 1. The summed E-state index contributed by atoms with van der Waals surface area (Å²) in [6.45, 7) is 0.345. The molecule has 0 aliphatic heterocycles. The molecule has 2 rings (SSSR count). The van der Waals surface area contributed by atoms with Crippen molar-refractivity contribution in [1.82, 2.24) is 4.98 Å². The van der Waals surface area contributed by atoms with Crippen molar-refractivity contribution in [3.8, 4) is 0 Å². The summed E-state index contributed by atoms with van der Waals surface area (Å²) >= 11 is 4.79. The van der Waals surface area contributed by atoms with Crippen LogP contribution >= 0.6 is 27.3 Å². The maximum atomic E-state index is 12.2. The van der Waals surface area contributed by atoms with Gasteiger partial charge in [-0.3, -0.25) is 4.79 Å². The molecule has 7 heteroatoms. The summed E-state index contributed by atoms with van der Waals surface area (Å²) in [6, 6.07) is 5.73. The Morgan fingerprint density at radius 3 is 2.85 bits per heavy atom. The number of nitrogens with one attached hydrogen (secondary N) is 1. The minimum atomic E-state index is -0.234. The Balaban J connectivity index is 2.24. The average Bonchev–Trinajstić information content (AvgIpc) is 2.87. The van der Waals surface area contributed by atoms with Crippen molar-refractivity contribution < 1.29 is 4.79 Å². The highest BCUT2D eigenvalue weighted by Gasteiger charge is 2.13. The van der Waals surface area contributed by atoms with Gasteiger partial charge in [0.15, 0.2) is 0 Å². The highest BCUT2D eigenvalue weighted by atomic mass is 79.9. The molecule has 0 saturated heterocycles. The first-order valence-electron chi connectivity index (χ1n) is 5.94. The monoisotopic (exact) mass is 354 g/mol. The van der Waals surface area contributed by atoms with Crippen LogP contribution < -0.4 is 16.0 Å². The molecule has 1 aromatic heterocycles. The molecule has 0 bridgehead atoms. The van der Waals surface area contributed by atoms with Gasteiger partial charge in [0.2, 0.25) is 0 Å². The van der Waals surface area contributed by atoms with Gasteiger partial charge in [-0.15, -0.1) is 11.3 Å². The highest BCUT2D eigenvalue weighted by Crippen LogP contribution is 2.28. The fraction of sp³-hybridized carbons (Fsp3) is 0.231. The maximum Gasteiger partial charge on any atom is 0.275 e. The van der Waals surface area contributed by atoms with Gasteiger partial charge >= 0.3 is 0 Å². The van der Waals surface area contributed by atoms with Crippen molar-refractivity contribution >= 4 is 44.5 Å². The van der Waals surface area contributed by atoms with Gasteiger partial charge in [0.1, 0.15) is 10.7 Å². The molecule has 0 aliphatic carbocycles. The highest BCUT2D eigenvalue weighted by molar-refractivity contribution is 9.10. The Hall–Kier alpha value is -1.44. The fourth-order valence-electron chi connectivity index (χ4n) is 1.69. The Morgan fingerprint density at radius 1 is 1.50 bits per heavy atom. The lowest BCUT2D eigenvalue weighted by atomic mass is 10.2. The summed E-state index contributed by atoms with van der Waals surface area (Å²) in [5.41, 5.74) is 7.55. The van der Waals surface area contributed by atoms with E-state index in [1.54, 1.807) is 5.38 Å². The van der Waals surface area contributed by atoms with E-state index in [2.05, 4.69) is 26.2 Å². The normalized spacial score (nSPS) is 10.4. The van der Waals surface area contributed by atoms with Gasteiger partial charge in [0.05, 0.1) is 11.4 Å². The standard InChI is InChI=1S/C13H15BrN4OS/c1-18(2)11-4-3-8(14)5-9(11)17-13(19)10-7-20-12(6-15)16-10/h3-5,7H,6,15H2,1-2H3,(H,17,19). The smallest absolute Gasteiger partial charge is 0.275 e. The molecule has 0 aliphatic rings. The van der Waals surface area contributed by atoms with Gasteiger partial charge < -0.3 is 16.0 Å². The SMILES string of the molecule is CN(C)c1ccc(Br)cc1NC(=O)c1csc(CN)n1. The second kappa shape index (κ2) is 6.34. The quantitative estimate of drug-likeness (QED) is 0.885. The van der Waals surface area contributed by atoms with E-state index < -0.39 is 0 Å². The molecule has 0 atom stereocenters. The predicted molar refractivity (Wildman–Crippen MR) is 86.4 cm³/mol. The molecule has 20 heavy (non-hydrogen) atoms. The second-order valence-corrected chi connectivity index (χ2v) is 6.20. The number of amides is 1. The Kier molecular flexibility index (Phi) is 4.74. The number of halogens is 1. The van der Waals surface area contributed by atoms with E-state index in [0.29, 0.717) is 12.2 Å². The zero-order valence-corrected chi connectivity index (χ0v) is 13.6. The molecule has 0 radical (unpaired) electrons. The van der Waals surface area contributed by atoms with Crippen LogP contribution in [-0.4, -0.2) is 25.0 Å². The third-order valence-electron chi connectivity index (χ3n) is 2.65. The summed E-state index contributed by atoms with van der Waals surface area (Å²) in [4.78, 5) is 18.3. The van der Waals surface area contributed by atoms with E-state index in [0.717, 1.165) is 20.9 Å². The van der Waals surface area contributed by atoms with Crippen LogP contribution in [0.15, 0.2) is 28.1 Å². The molecule has 2 aromatic rings. The van der Waals surface area contributed by atoms with E-state index in [1.165, 1.54) is 11.3 Å². The van der Waals surface area contributed by atoms with Gasteiger partial charge in [0.25, 0.3) is 5.91 Å². The van der Waals surface area contributed by atoms with Crippen LogP contribution in [-0.2, 0) is 6.54 Å². The summed E-state index contributed by atoms with van der Waals surface area (Å²) in [6.07, 6.45) is 0. The molecule has 0 spiro atoms. The zero-order valence-electron chi connectivity index (χ0n) is 11.2. The van der Waals surface area contributed by atoms with Crippen molar-refractivity contribution in [2.24, 2.45) is 5.73 Å². The van der Waals surface area contributed by atoms with Crippen LogP contribution in [0, 0.1) is 0 Å². The van der Waals surface area contributed by atoms with Crippen molar-refractivity contribution in [1.29, 1.82) is 0 Å². The van der Waals surface area contributed by atoms with E-state index in [-0.39, 0.29) is 5.91 Å². The first-order chi connectivity index (χ1) is 9.51. The van der Waals surface area contributed by atoms with Crippen molar-refractivity contribution in [3.63, 3.8) is 0 Å². The zero-order chi connectivity index (χ0) is 14.7. The van der Waals surface area contributed by atoms with Crippen molar-refractivity contribution in [2.45, 2.75) is 6.54 Å². The molecule has 5 nitrogen and oxygen atoms in total. The number of nitrogens with two attached hydrogens (primary N) is 1. The molecule has 1 aromatic carbocycles. The molecule has 1 heterocycles. The lowest BCUT2D eigenvalue weighted by Crippen LogP contribution is -2.17. The van der Waals surface area contributed by atoms with Crippen molar-refractivity contribution in [3.05, 3.63) is 38.8 Å². The van der Waals surface area contributed by atoms with Gasteiger partial charge in [-0.05, 0) is 18.2 Å². The third kappa shape index (κ3) is 3.36. The summed E-state index contributed by atoms with van der Waals surface area (Å²) in [5, 5.41) is 5.34. The van der Waals surface area contributed by atoms with Gasteiger partial charge in [-0.1, -0.05) is 15.9 Å². The number of benzene rings is 1. The summed E-state index contributed by atoms with van der Waals surface area (Å²) < 4.78 is 0.902. The topological polar surface area (TPSA) is 71.2 Å². The molecule has 0 unspecified atom stereocenters. The number of hydrogen-bond acceptors (Lipinski definition) is 5. The lowest BCUT2D eigenvalue weighted by Gasteiger charge is -2.18. The number of carbonyl (C=O) groups is 1. The van der Waals surface area contributed by atoms with Crippen LogP contribution in [0.25, 0.3) is 0 Å². The average molecular weight is 355 g/mol. The number of carbonyl (C=O) groups excluding carboxylic acids is 1. The summed E-state index contributed by atoms with van der Waals surface area (Å²) in [7, 11) is 3.85. The Morgan fingerprint density at radius 2 is 2.25 bits per heavy atom. The first kappa shape index (κ1) is 15.0. The number of nitrogens with zero attached hydrogens (tertiary/aromatic N) is 2. The number of hydrogen-bond donors (Lipinski definition) is 2. The molecule has 0 fully saturated rings. The molecule has 1 amide bonds. The molecule has 106 valence electrons. The summed E-state index contributed by atoms with van der Waals surface area (Å²) in [5.74, 6) is -0.234. The molecule has 3 N–H and O–H groups in total. The Bertz CT molecular complexity index is 627. The number of rotatable bonds is 4. The van der Waals surface area contributed by atoms with Crippen LogP contribution in [0.1, 0.15) is 15.5 Å². The fourth-order valence-corrected chi connectivity index (χ4v) is 2.71. The maximum absolute atomic E-state index is 12.2. The molecular weight excluding hydrogens is 340 g/mol. The van der Waals surface area contributed by atoms with Crippen molar-refractivity contribution in [2.75, 3.05) is 24.3 Å². The largest absolute Gasteiger partial charge is 0.376 e. The van der Waals surface area contributed by atoms with Crippen LogP contribution in [0.3, 0.4) is 0 Å². The van der Waals surface area contributed by atoms with E-state index in [4.69, 9.17) is 5.73 Å². The van der Waals surface area contributed by atoms with E-state index >= 15 is 0 Å². The van der Waals surface area contributed by atoms with Gasteiger partial charge in [-0.25, -0.2) is 4.98 Å². The molecule has 0 saturated carbocycles. The number of anilines is 2. The Labute approximate surface area is 129 Å². The third-order valence-corrected chi connectivity index (χ3v) is 4.01. The van der Waals surface area contributed by atoms with Crippen LogP contribution in [0.5, 0.6) is 0 Å². The number of aromatic nitrogens is 1. The second-order valence-electron chi connectivity index (χ2n) is 4.34. The predicted octanol–water partition coefficient (Wildman–Crippen LogP) is 2.68.